The number of ether oxygens (including phenoxy) is 2. The fourth-order valence-electron chi connectivity index (χ4n) is 1.64. The molecule has 4 N–H and O–H groups in total. The molecule has 0 saturated heterocycles. The van der Waals surface area contributed by atoms with Crippen LogP contribution in [0.1, 0.15) is 18.1 Å². The first-order valence-corrected chi connectivity index (χ1v) is 5.12. The van der Waals surface area contributed by atoms with Crippen LogP contribution in [-0.2, 0) is 4.79 Å². The lowest BCUT2D eigenvalue weighted by Gasteiger charge is -2.16. The van der Waals surface area contributed by atoms with E-state index in [1.165, 1.54) is 0 Å². The highest BCUT2D eigenvalue weighted by atomic mass is 16.7. The van der Waals surface area contributed by atoms with Gasteiger partial charge >= 0.3 is 0 Å². The van der Waals surface area contributed by atoms with E-state index < -0.39 is 18.1 Å². The Morgan fingerprint density at radius 3 is 2.76 bits per heavy atom. The van der Waals surface area contributed by atoms with Gasteiger partial charge in [0.25, 0.3) is 0 Å². The number of hydrogen-bond donors (Lipinski definition) is 3. The van der Waals surface area contributed by atoms with Gasteiger partial charge in [0.15, 0.2) is 11.5 Å². The van der Waals surface area contributed by atoms with Crippen LogP contribution >= 0.6 is 0 Å². The second kappa shape index (κ2) is 4.60. The monoisotopic (exact) mass is 239 g/mol. The molecule has 2 rings (SSSR count). The van der Waals surface area contributed by atoms with Gasteiger partial charge in [0.05, 0.1) is 12.5 Å². The highest BCUT2D eigenvalue weighted by Crippen LogP contribution is 2.34. The molecule has 17 heavy (non-hydrogen) atoms. The third kappa shape index (κ3) is 2.48. The third-order valence-electron chi connectivity index (χ3n) is 2.51. The van der Waals surface area contributed by atoms with Gasteiger partial charge in [-0.1, -0.05) is 6.07 Å². The molecule has 0 aliphatic carbocycles. The van der Waals surface area contributed by atoms with Gasteiger partial charge in [-0.25, -0.2) is 0 Å². The fraction of sp³-hybridized carbons (Fsp3) is 0.364. The van der Waals surface area contributed by atoms with Crippen molar-refractivity contribution in [2.24, 2.45) is 5.73 Å². The third-order valence-corrected chi connectivity index (χ3v) is 2.51. The van der Waals surface area contributed by atoms with Crippen LogP contribution in [0.3, 0.4) is 0 Å². The number of nitrogens with two attached hydrogens (primary N) is 1. The minimum atomic E-state index is -1.23. The number of carbonyl (C=O) groups excluding carboxylic acids is 1. The normalized spacial score (nSPS) is 16.6. The Balaban J connectivity index is 2.14. The smallest absolute Gasteiger partial charge is 0.231 e. The lowest BCUT2D eigenvalue weighted by molar-refractivity contribution is -0.121. The maximum Gasteiger partial charge on any atom is 0.231 e. The number of rotatable bonds is 4. The Morgan fingerprint density at radius 2 is 2.06 bits per heavy atom. The van der Waals surface area contributed by atoms with Gasteiger partial charge in [-0.05, 0) is 17.7 Å². The molecule has 1 heterocycles. The highest BCUT2D eigenvalue weighted by molar-refractivity contribution is 5.74. The standard InChI is InChI=1S/C11H13NO5/c12-10(14)4-7(13)11(15)6-1-2-8-9(3-6)17-5-16-8/h1-3,7,11,13,15H,4-5H2,(H2,12,14). The molecule has 1 aliphatic heterocycles. The van der Waals surface area contributed by atoms with Gasteiger partial charge in [0.1, 0.15) is 6.10 Å². The predicted molar refractivity (Wildman–Crippen MR) is 57.3 cm³/mol. The van der Waals surface area contributed by atoms with Crippen molar-refractivity contribution in [3.05, 3.63) is 23.8 Å². The van der Waals surface area contributed by atoms with Gasteiger partial charge in [-0.3, -0.25) is 4.79 Å². The van der Waals surface area contributed by atoms with Crippen LogP contribution in [0.15, 0.2) is 18.2 Å². The van der Waals surface area contributed by atoms with E-state index >= 15 is 0 Å². The van der Waals surface area contributed by atoms with Gasteiger partial charge in [-0.15, -0.1) is 0 Å². The van der Waals surface area contributed by atoms with Crippen molar-refractivity contribution >= 4 is 5.91 Å². The van der Waals surface area contributed by atoms with Crippen LogP contribution in [0.2, 0.25) is 0 Å². The number of amides is 1. The van der Waals surface area contributed by atoms with Gasteiger partial charge in [0, 0.05) is 0 Å². The number of primary amides is 1. The van der Waals surface area contributed by atoms with E-state index in [9.17, 15) is 15.0 Å². The zero-order valence-electron chi connectivity index (χ0n) is 9.00. The van der Waals surface area contributed by atoms with Crippen molar-refractivity contribution in [3.8, 4) is 11.5 Å². The molecule has 0 spiro atoms. The summed E-state index contributed by atoms with van der Waals surface area (Å²) in [6, 6.07) is 4.80. The van der Waals surface area contributed by atoms with E-state index in [0.29, 0.717) is 17.1 Å². The first-order chi connectivity index (χ1) is 8.08. The molecule has 2 atom stereocenters. The average molecular weight is 239 g/mol. The Kier molecular flexibility index (Phi) is 3.16. The van der Waals surface area contributed by atoms with E-state index in [1.807, 2.05) is 0 Å². The summed E-state index contributed by atoms with van der Waals surface area (Å²) < 4.78 is 10.3. The fourth-order valence-corrected chi connectivity index (χ4v) is 1.64. The SMILES string of the molecule is NC(=O)CC(O)C(O)c1ccc2c(c1)OCO2. The molecule has 92 valence electrons. The maximum absolute atomic E-state index is 10.6. The van der Waals surface area contributed by atoms with Crippen LogP contribution in [-0.4, -0.2) is 29.0 Å². The molecule has 6 nitrogen and oxygen atoms in total. The quantitative estimate of drug-likeness (QED) is 0.668. The van der Waals surface area contributed by atoms with Gasteiger partial charge < -0.3 is 25.4 Å². The van der Waals surface area contributed by atoms with E-state index in [0.717, 1.165) is 0 Å². The molecule has 1 aliphatic rings. The Bertz CT molecular complexity index is 434. The van der Waals surface area contributed by atoms with Crippen molar-refractivity contribution in [3.63, 3.8) is 0 Å². The van der Waals surface area contributed by atoms with E-state index in [-0.39, 0.29) is 13.2 Å². The Labute approximate surface area is 97.6 Å². The summed E-state index contributed by atoms with van der Waals surface area (Å²) in [4.78, 5) is 10.6. The number of carbonyl (C=O) groups is 1. The summed E-state index contributed by atoms with van der Waals surface area (Å²) in [5, 5.41) is 19.4. The van der Waals surface area contributed by atoms with Crippen LogP contribution in [0, 0.1) is 0 Å². The number of fused-ring (bicyclic) bond motifs is 1. The summed E-state index contributed by atoms with van der Waals surface area (Å²) in [6.07, 6.45) is -2.71. The molecule has 0 bridgehead atoms. The largest absolute Gasteiger partial charge is 0.454 e. The molecule has 1 aromatic rings. The summed E-state index contributed by atoms with van der Waals surface area (Å²) in [5.74, 6) is 0.426. The molecule has 2 unspecified atom stereocenters. The van der Waals surface area contributed by atoms with Crippen LogP contribution in [0.5, 0.6) is 11.5 Å². The average Bonchev–Trinajstić information content (AvgIpc) is 2.73. The molecule has 0 aromatic heterocycles. The van der Waals surface area contributed by atoms with Gasteiger partial charge in [0.2, 0.25) is 12.7 Å². The maximum atomic E-state index is 10.6. The van der Waals surface area contributed by atoms with E-state index in [1.54, 1.807) is 18.2 Å². The molecular weight excluding hydrogens is 226 g/mol. The summed E-state index contributed by atoms with van der Waals surface area (Å²) >= 11 is 0. The van der Waals surface area contributed by atoms with Gasteiger partial charge in [-0.2, -0.15) is 0 Å². The molecule has 6 heteroatoms. The highest BCUT2D eigenvalue weighted by Gasteiger charge is 2.23. The van der Waals surface area contributed by atoms with Crippen molar-refractivity contribution in [2.75, 3.05) is 6.79 Å². The first kappa shape index (κ1) is 11.7. The molecule has 0 saturated carbocycles. The van der Waals surface area contributed by atoms with E-state index in [2.05, 4.69) is 0 Å². The van der Waals surface area contributed by atoms with Crippen LogP contribution in [0.4, 0.5) is 0 Å². The zero-order valence-corrected chi connectivity index (χ0v) is 9.00. The summed E-state index contributed by atoms with van der Waals surface area (Å²) in [7, 11) is 0. The number of hydrogen-bond acceptors (Lipinski definition) is 5. The predicted octanol–water partition coefficient (Wildman–Crippen LogP) is -0.315. The van der Waals surface area contributed by atoms with Crippen molar-refractivity contribution in [1.29, 1.82) is 0 Å². The second-order valence-corrected chi connectivity index (χ2v) is 3.80. The van der Waals surface area contributed by atoms with Crippen molar-refractivity contribution in [2.45, 2.75) is 18.6 Å². The zero-order chi connectivity index (χ0) is 12.4. The first-order valence-electron chi connectivity index (χ1n) is 5.12. The van der Waals surface area contributed by atoms with Crippen LogP contribution < -0.4 is 15.2 Å². The number of aliphatic hydroxyl groups is 2. The molecule has 0 radical (unpaired) electrons. The van der Waals surface area contributed by atoms with Crippen LogP contribution in [0.25, 0.3) is 0 Å². The Hall–Kier alpha value is -1.79. The number of aliphatic hydroxyl groups excluding tert-OH is 2. The molecular formula is C11H13NO5. The van der Waals surface area contributed by atoms with Crippen molar-refractivity contribution < 1.29 is 24.5 Å². The minimum absolute atomic E-state index is 0.138. The second-order valence-electron chi connectivity index (χ2n) is 3.80. The summed E-state index contributed by atoms with van der Waals surface area (Å²) in [6.45, 7) is 0.138. The molecule has 1 amide bonds. The Morgan fingerprint density at radius 1 is 1.35 bits per heavy atom. The minimum Gasteiger partial charge on any atom is -0.454 e. The number of benzene rings is 1. The molecule has 0 fully saturated rings. The topological polar surface area (TPSA) is 102 Å². The lowest BCUT2D eigenvalue weighted by atomic mass is 10.0. The summed E-state index contributed by atoms with van der Waals surface area (Å²) in [5.41, 5.74) is 5.39. The van der Waals surface area contributed by atoms with Crippen molar-refractivity contribution in [1.82, 2.24) is 0 Å². The van der Waals surface area contributed by atoms with E-state index in [4.69, 9.17) is 15.2 Å². The molecule has 1 aromatic carbocycles. The lowest BCUT2D eigenvalue weighted by Crippen LogP contribution is -2.25.